The fourth-order valence-corrected chi connectivity index (χ4v) is 2.57. The van der Waals surface area contributed by atoms with Crippen molar-refractivity contribution in [3.05, 3.63) is 42.2 Å². The lowest BCUT2D eigenvalue weighted by Gasteiger charge is -2.16. The zero-order valence-corrected chi connectivity index (χ0v) is 15.2. The zero-order valence-electron chi connectivity index (χ0n) is 15.2. The van der Waals surface area contributed by atoms with E-state index in [-0.39, 0.29) is 5.69 Å². The topological polar surface area (TPSA) is 159 Å². The lowest BCUT2D eigenvalue weighted by Crippen LogP contribution is -2.47. The number of aromatic nitrogens is 3. The molecule has 10 nitrogen and oxygen atoms in total. The number of anilines is 2. The summed E-state index contributed by atoms with van der Waals surface area (Å²) in [4.78, 5) is 40.4. The summed E-state index contributed by atoms with van der Waals surface area (Å²) in [5.74, 6) is -1.15. The Balaban J connectivity index is 1.90. The lowest BCUT2D eigenvalue weighted by molar-refractivity contribution is -0.112. The van der Waals surface area contributed by atoms with Crippen LogP contribution in [0.25, 0.3) is 0 Å². The van der Waals surface area contributed by atoms with Gasteiger partial charge in [-0.25, -0.2) is 15.0 Å². The van der Waals surface area contributed by atoms with Crippen LogP contribution in [-0.2, 0) is 4.79 Å². The summed E-state index contributed by atoms with van der Waals surface area (Å²) < 4.78 is 0. The fourth-order valence-electron chi connectivity index (χ4n) is 2.57. The Morgan fingerprint density at radius 2 is 2.04 bits per heavy atom. The number of nitrogens with two attached hydrogens (primary N) is 1. The minimum Gasteiger partial charge on any atom is -0.364 e. The van der Waals surface area contributed by atoms with Gasteiger partial charge in [0.25, 0.3) is 11.8 Å². The largest absolute Gasteiger partial charge is 0.364 e. The predicted octanol–water partition coefficient (Wildman–Crippen LogP) is 0.797. The number of hydrogen-bond acceptors (Lipinski definition) is 8. The number of amides is 2. The summed E-state index contributed by atoms with van der Waals surface area (Å²) in [5, 5.41) is 13.4. The average Bonchev–Trinajstić information content (AvgIpc) is 3.53. The van der Waals surface area contributed by atoms with Crippen LogP contribution in [0.1, 0.15) is 34.9 Å². The molecular weight excluding hydrogens is 360 g/mol. The number of nitrogens with one attached hydrogen (secondary N) is 3. The molecule has 0 spiro atoms. The number of aliphatic imine (C=N–C) groups is 1. The quantitative estimate of drug-likeness (QED) is 0.496. The third kappa shape index (κ3) is 4.53. The van der Waals surface area contributed by atoms with E-state index in [0.717, 1.165) is 18.5 Å². The standard InChI is InChI=1S/C18H20N8O2/c1-21-8-14(15(19)17(20)27)26-18(28)16-13(24-11-6-22-9-23-7-11)5-4-12(25-16)10-2-3-10/h4-10,14,19,24H,2-3H2,1H3,(H2,20,27)(H,26,28). The molecule has 0 saturated heterocycles. The molecule has 28 heavy (non-hydrogen) atoms. The molecule has 10 heteroatoms. The van der Waals surface area contributed by atoms with Gasteiger partial charge < -0.3 is 16.4 Å². The van der Waals surface area contributed by atoms with Gasteiger partial charge >= 0.3 is 0 Å². The van der Waals surface area contributed by atoms with Gasteiger partial charge in [-0.3, -0.25) is 20.0 Å². The number of pyridine rings is 1. The van der Waals surface area contributed by atoms with Gasteiger partial charge in [-0.15, -0.1) is 0 Å². The molecule has 1 fully saturated rings. The van der Waals surface area contributed by atoms with Crippen molar-refractivity contribution in [2.45, 2.75) is 24.8 Å². The summed E-state index contributed by atoms with van der Waals surface area (Å²) in [6, 6.07) is 2.59. The average molecular weight is 380 g/mol. The minimum absolute atomic E-state index is 0.139. The SMILES string of the molecule is CN=CC(NC(=O)c1nc(C2CC2)ccc1Nc1cncnc1)C(=N)C(N)=O. The molecule has 5 N–H and O–H groups in total. The summed E-state index contributed by atoms with van der Waals surface area (Å²) in [7, 11) is 1.47. The first-order chi connectivity index (χ1) is 13.5. The fraction of sp³-hybridized carbons (Fsp3) is 0.278. The van der Waals surface area contributed by atoms with E-state index in [1.807, 2.05) is 6.07 Å². The Bertz CT molecular complexity index is 924. The van der Waals surface area contributed by atoms with Crippen LogP contribution in [0, 0.1) is 5.41 Å². The van der Waals surface area contributed by atoms with Crippen LogP contribution in [0.3, 0.4) is 0 Å². The maximum absolute atomic E-state index is 12.9. The van der Waals surface area contributed by atoms with E-state index >= 15 is 0 Å². The Hall–Kier alpha value is -3.69. The van der Waals surface area contributed by atoms with Crippen LogP contribution in [0.2, 0.25) is 0 Å². The molecule has 3 rings (SSSR count). The van der Waals surface area contributed by atoms with Crippen molar-refractivity contribution in [3.8, 4) is 0 Å². The number of primary amides is 1. The van der Waals surface area contributed by atoms with Crippen LogP contribution in [0.4, 0.5) is 11.4 Å². The number of carbonyl (C=O) groups is 2. The van der Waals surface area contributed by atoms with Gasteiger partial charge in [0.15, 0.2) is 5.69 Å². The van der Waals surface area contributed by atoms with E-state index in [2.05, 4.69) is 30.6 Å². The van der Waals surface area contributed by atoms with Gasteiger partial charge in [0.1, 0.15) is 18.1 Å². The zero-order chi connectivity index (χ0) is 20.1. The van der Waals surface area contributed by atoms with Crippen LogP contribution in [0.15, 0.2) is 35.8 Å². The Morgan fingerprint density at radius 3 is 2.64 bits per heavy atom. The normalized spacial score (nSPS) is 14.5. The van der Waals surface area contributed by atoms with Crippen molar-refractivity contribution in [3.63, 3.8) is 0 Å². The second-order valence-electron chi connectivity index (χ2n) is 6.30. The van der Waals surface area contributed by atoms with Crippen molar-refractivity contribution in [2.24, 2.45) is 10.7 Å². The molecule has 1 aliphatic carbocycles. The Morgan fingerprint density at radius 1 is 1.32 bits per heavy atom. The first kappa shape index (κ1) is 19.1. The molecule has 2 heterocycles. The smallest absolute Gasteiger partial charge is 0.272 e. The predicted molar refractivity (Wildman–Crippen MR) is 104 cm³/mol. The molecule has 1 aliphatic rings. The molecule has 1 atom stereocenters. The van der Waals surface area contributed by atoms with E-state index in [1.54, 1.807) is 18.5 Å². The first-order valence-corrected chi connectivity index (χ1v) is 8.64. The molecule has 2 aromatic rings. The maximum Gasteiger partial charge on any atom is 0.272 e. The highest BCUT2D eigenvalue weighted by atomic mass is 16.2. The van der Waals surface area contributed by atoms with E-state index in [9.17, 15) is 9.59 Å². The van der Waals surface area contributed by atoms with Gasteiger partial charge in [-0.1, -0.05) is 0 Å². The van der Waals surface area contributed by atoms with Crippen molar-refractivity contribution < 1.29 is 9.59 Å². The second-order valence-corrected chi connectivity index (χ2v) is 6.30. The Kier molecular flexibility index (Phi) is 5.68. The molecule has 0 radical (unpaired) electrons. The first-order valence-electron chi connectivity index (χ1n) is 8.64. The lowest BCUT2D eigenvalue weighted by atomic mass is 10.1. The number of rotatable bonds is 8. The summed E-state index contributed by atoms with van der Waals surface area (Å²) in [5.41, 5.74) is 6.71. The molecule has 1 saturated carbocycles. The molecule has 144 valence electrons. The molecule has 2 aromatic heterocycles. The summed E-state index contributed by atoms with van der Waals surface area (Å²) >= 11 is 0. The van der Waals surface area contributed by atoms with Gasteiger partial charge in [0, 0.05) is 24.9 Å². The molecule has 0 bridgehead atoms. The maximum atomic E-state index is 12.9. The monoisotopic (exact) mass is 380 g/mol. The summed E-state index contributed by atoms with van der Waals surface area (Å²) in [6.45, 7) is 0. The molecular formula is C18H20N8O2. The third-order valence-electron chi connectivity index (χ3n) is 4.13. The van der Waals surface area contributed by atoms with Crippen molar-refractivity contribution >= 4 is 35.1 Å². The van der Waals surface area contributed by atoms with Crippen molar-refractivity contribution in [2.75, 3.05) is 12.4 Å². The van der Waals surface area contributed by atoms with Crippen LogP contribution in [0.5, 0.6) is 0 Å². The minimum atomic E-state index is -1.05. The van der Waals surface area contributed by atoms with Gasteiger partial charge in [-0.05, 0) is 25.0 Å². The summed E-state index contributed by atoms with van der Waals surface area (Å²) in [6.07, 6.45) is 7.87. The number of nitrogens with zero attached hydrogens (tertiary/aromatic N) is 4. The van der Waals surface area contributed by atoms with Crippen LogP contribution in [-0.4, -0.2) is 51.8 Å². The molecule has 2 amide bonds. The van der Waals surface area contributed by atoms with E-state index in [0.29, 0.717) is 17.3 Å². The highest BCUT2D eigenvalue weighted by Gasteiger charge is 2.28. The second kappa shape index (κ2) is 8.33. The Labute approximate surface area is 161 Å². The van der Waals surface area contributed by atoms with E-state index < -0.39 is 23.6 Å². The highest BCUT2D eigenvalue weighted by Crippen LogP contribution is 2.39. The van der Waals surface area contributed by atoms with Crippen molar-refractivity contribution in [1.29, 1.82) is 5.41 Å². The molecule has 0 aliphatic heterocycles. The van der Waals surface area contributed by atoms with Gasteiger partial charge in [0.2, 0.25) is 0 Å². The van der Waals surface area contributed by atoms with Crippen LogP contribution < -0.4 is 16.4 Å². The third-order valence-corrected chi connectivity index (χ3v) is 4.13. The highest BCUT2D eigenvalue weighted by molar-refractivity contribution is 6.42. The van der Waals surface area contributed by atoms with Crippen molar-refractivity contribution in [1.82, 2.24) is 20.3 Å². The van der Waals surface area contributed by atoms with Gasteiger partial charge in [0.05, 0.1) is 23.8 Å². The van der Waals surface area contributed by atoms with Crippen LogP contribution >= 0.6 is 0 Å². The van der Waals surface area contributed by atoms with E-state index in [4.69, 9.17) is 11.1 Å². The number of carbonyl (C=O) groups excluding carboxylic acids is 2. The van der Waals surface area contributed by atoms with E-state index in [1.165, 1.54) is 19.6 Å². The molecule has 0 aromatic carbocycles. The molecule has 1 unspecified atom stereocenters. The van der Waals surface area contributed by atoms with Gasteiger partial charge in [-0.2, -0.15) is 0 Å². The number of hydrogen-bond donors (Lipinski definition) is 4.